The molecule has 0 fully saturated rings. The number of halogens is 1. The van der Waals surface area contributed by atoms with Gasteiger partial charge in [0.25, 0.3) is 0 Å². The molecule has 0 N–H and O–H groups in total. The van der Waals surface area contributed by atoms with Gasteiger partial charge in [0.15, 0.2) is 0 Å². The normalized spacial score (nSPS) is 22.8. The third-order valence-corrected chi connectivity index (χ3v) is 4.89. The van der Waals surface area contributed by atoms with Gasteiger partial charge in [-0.05, 0) is 41.8 Å². The van der Waals surface area contributed by atoms with E-state index in [0.717, 1.165) is 4.47 Å². The van der Waals surface area contributed by atoms with Gasteiger partial charge < -0.3 is 4.90 Å². The molecule has 2 atom stereocenters. The first-order chi connectivity index (χ1) is 10.3. The summed E-state index contributed by atoms with van der Waals surface area (Å²) in [6.07, 6.45) is 6.76. The second-order valence-corrected chi connectivity index (χ2v) is 6.59. The fourth-order valence-electron chi connectivity index (χ4n) is 3.42. The van der Waals surface area contributed by atoms with Gasteiger partial charge >= 0.3 is 0 Å². The van der Waals surface area contributed by atoms with Crippen LogP contribution in [-0.2, 0) is 0 Å². The van der Waals surface area contributed by atoms with Crippen molar-refractivity contribution >= 4 is 32.9 Å². The minimum atomic E-state index is 0.397. The van der Waals surface area contributed by atoms with Crippen LogP contribution in [0.3, 0.4) is 0 Å². The molecular formula is C19H16BrN. The van der Waals surface area contributed by atoms with Gasteiger partial charge in [0.05, 0.1) is 6.04 Å². The Kier molecular flexibility index (Phi) is 3.00. The summed E-state index contributed by atoms with van der Waals surface area (Å²) in [4.78, 5) is 2.47. The van der Waals surface area contributed by atoms with Crippen molar-refractivity contribution in [3.05, 3.63) is 76.8 Å². The number of fused-ring (bicyclic) bond motifs is 3. The van der Waals surface area contributed by atoms with Crippen molar-refractivity contribution in [3.8, 4) is 0 Å². The zero-order valence-corrected chi connectivity index (χ0v) is 13.4. The number of hydrogen-bond acceptors (Lipinski definition) is 1. The average Bonchev–Trinajstić information content (AvgIpc) is 2.84. The summed E-state index contributed by atoms with van der Waals surface area (Å²) in [5, 5.41) is 0. The van der Waals surface area contributed by atoms with Crippen LogP contribution in [0.1, 0.15) is 12.5 Å². The van der Waals surface area contributed by atoms with Gasteiger partial charge in [-0.15, -0.1) is 0 Å². The second kappa shape index (κ2) is 4.88. The summed E-state index contributed by atoms with van der Waals surface area (Å²) in [6, 6.07) is 17.7. The molecule has 0 spiro atoms. The van der Waals surface area contributed by atoms with E-state index in [9.17, 15) is 0 Å². The molecule has 0 radical (unpaired) electrons. The molecule has 2 heteroatoms. The first kappa shape index (κ1) is 12.9. The summed E-state index contributed by atoms with van der Waals surface area (Å²) in [5.74, 6) is 0.501. The average molecular weight is 338 g/mol. The van der Waals surface area contributed by atoms with E-state index in [2.05, 4.69) is 94.5 Å². The highest BCUT2D eigenvalue weighted by Crippen LogP contribution is 2.48. The Bertz CT molecular complexity index is 742. The van der Waals surface area contributed by atoms with Gasteiger partial charge in [0, 0.05) is 21.4 Å². The van der Waals surface area contributed by atoms with Gasteiger partial charge in [0.2, 0.25) is 0 Å². The van der Waals surface area contributed by atoms with Crippen LogP contribution < -0.4 is 4.90 Å². The zero-order valence-electron chi connectivity index (χ0n) is 11.8. The predicted molar refractivity (Wildman–Crippen MR) is 92.8 cm³/mol. The van der Waals surface area contributed by atoms with Crippen molar-refractivity contribution < 1.29 is 0 Å². The molecule has 1 aliphatic heterocycles. The Balaban J connectivity index is 1.91. The maximum atomic E-state index is 3.53. The van der Waals surface area contributed by atoms with E-state index >= 15 is 0 Å². The molecule has 2 aliphatic rings. The van der Waals surface area contributed by atoms with Crippen molar-refractivity contribution in [2.75, 3.05) is 4.90 Å². The minimum absolute atomic E-state index is 0.397. The van der Waals surface area contributed by atoms with E-state index in [1.807, 2.05) is 0 Å². The summed E-state index contributed by atoms with van der Waals surface area (Å²) in [7, 11) is 0. The summed E-state index contributed by atoms with van der Waals surface area (Å²) < 4.78 is 1.12. The summed E-state index contributed by atoms with van der Waals surface area (Å²) in [6.45, 7) is 2.30. The standard InChI is InChI=1S/C19H16BrN/c1-13-5-4-7-17-16-6-2-3-8-18(16)21(19(13)17)15-11-9-14(20)10-12-15/h2-13,19H,1H3. The lowest BCUT2D eigenvalue weighted by atomic mass is 9.88. The van der Waals surface area contributed by atoms with E-state index in [4.69, 9.17) is 0 Å². The van der Waals surface area contributed by atoms with Gasteiger partial charge in [-0.3, -0.25) is 0 Å². The van der Waals surface area contributed by atoms with Crippen molar-refractivity contribution in [1.82, 2.24) is 0 Å². The highest BCUT2D eigenvalue weighted by atomic mass is 79.9. The molecule has 104 valence electrons. The van der Waals surface area contributed by atoms with Gasteiger partial charge in [-0.1, -0.05) is 59.3 Å². The third kappa shape index (κ3) is 1.97. The minimum Gasteiger partial charge on any atom is -0.333 e. The number of hydrogen-bond donors (Lipinski definition) is 0. The molecule has 2 aromatic carbocycles. The summed E-state index contributed by atoms with van der Waals surface area (Å²) >= 11 is 3.53. The molecule has 0 amide bonds. The number of rotatable bonds is 1. The lowest BCUT2D eigenvalue weighted by Gasteiger charge is -2.32. The molecule has 21 heavy (non-hydrogen) atoms. The Morgan fingerprint density at radius 3 is 2.57 bits per heavy atom. The van der Waals surface area contributed by atoms with Crippen molar-refractivity contribution in [3.63, 3.8) is 0 Å². The Labute approximate surface area is 133 Å². The molecule has 1 heterocycles. The molecule has 0 saturated carbocycles. The van der Waals surface area contributed by atoms with Crippen molar-refractivity contribution in [2.24, 2.45) is 5.92 Å². The maximum Gasteiger partial charge on any atom is 0.0658 e. The van der Waals surface area contributed by atoms with Crippen molar-refractivity contribution in [2.45, 2.75) is 13.0 Å². The van der Waals surface area contributed by atoms with Crippen LogP contribution in [0.4, 0.5) is 11.4 Å². The highest BCUT2D eigenvalue weighted by Gasteiger charge is 2.37. The van der Waals surface area contributed by atoms with E-state index in [0.29, 0.717) is 12.0 Å². The quantitative estimate of drug-likeness (QED) is 0.658. The van der Waals surface area contributed by atoms with Crippen LogP contribution >= 0.6 is 15.9 Å². The second-order valence-electron chi connectivity index (χ2n) is 5.67. The molecule has 0 saturated heterocycles. The molecule has 0 aromatic heterocycles. The van der Waals surface area contributed by atoms with Crippen LogP contribution in [-0.4, -0.2) is 6.04 Å². The molecule has 1 nitrogen and oxygen atoms in total. The van der Waals surface area contributed by atoms with Crippen LogP contribution in [0.25, 0.3) is 5.57 Å². The van der Waals surface area contributed by atoms with E-state index in [-0.39, 0.29) is 0 Å². The molecular weight excluding hydrogens is 322 g/mol. The molecule has 1 aliphatic carbocycles. The highest BCUT2D eigenvalue weighted by molar-refractivity contribution is 9.10. The monoisotopic (exact) mass is 337 g/mol. The number of nitrogens with zero attached hydrogens (tertiary/aromatic N) is 1. The number of allylic oxidation sites excluding steroid dienone is 2. The topological polar surface area (TPSA) is 3.24 Å². The Hall–Kier alpha value is -1.80. The number of benzene rings is 2. The van der Waals surface area contributed by atoms with Gasteiger partial charge in [0.1, 0.15) is 0 Å². The molecule has 0 bridgehead atoms. The first-order valence-corrected chi connectivity index (χ1v) is 8.07. The van der Waals surface area contributed by atoms with E-state index in [1.54, 1.807) is 0 Å². The van der Waals surface area contributed by atoms with Crippen LogP contribution in [0.15, 0.2) is 71.2 Å². The zero-order chi connectivity index (χ0) is 14.4. The Morgan fingerprint density at radius 2 is 1.76 bits per heavy atom. The lowest BCUT2D eigenvalue weighted by Crippen LogP contribution is -2.33. The van der Waals surface area contributed by atoms with Gasteiger partial charge in [-0.2, -0.15) is 0 Å². The Morgan fingerprint density at radius 1 is 1.00 bits per heavy atom. The fourth-order valence-corrected chi connectivity index (χ4v) is 3.69. The smallest absolute Gasteiger partial charge is 0.0658 e. The maximum absolute atomic E-state index is 3.53. The number of para-hydroxylation sites is 1. The van der Waals surface area contributed by atoms with Crippen LogP contribution in [0, 0.1) is 5.92 Å². The SMILES string of the molecule is CC1C=CC=C2c3ccccc3N(c3ccc(Br)cc3)C21. The largest absolute Gasteiger partial charge is 0.333 e. The van der Waals surface area contributed by atoms with Gasteiger partial charge in [-0.25, -0.2) is 0 Å². The van der Waals surface area contributed by atoms with Crippen LogP contribution in [0.5, 0.6) is 0 Å². The van der Waals surface area contributed by atoms with E-state index < -0.39 is 0 Å². The molecule has 4 rings (SSSR count). The predicted octanol–water partition coefficient (Wildman–Crippen LogP) is 5.56. The first-order valence-electron chi connectivity index (χ1n) is 7.28. The number of anilines is 2. The summed E-state index contributed by atoms with van der Waals surface area (Å²) in [5.41, 5.74) is 5.36. The third-order valence-electron chi connectivity index (χ3n) is 4.36. The molecule has 2 unspecified atom stereocenters. The van der Waals surface area contributed by atoms with Crippen molar-refractivity contribution in [1.29, 1.82) is 0 Å². The van der Waals surface area contributed by atoms with E-state index in [1.165, 1.54) is 22.5 Å². The van der Waals surface area contributed by atoms with Crippen LogP contribution in [0.2, 0.25) is 0 Å². The fraction of sp³-hybridized carbons (Fsp3) is 0.158. The lowest BCUT2D eigenvalue weighted by molar-refractivity contribution is 0.637. The molecule has 2 aromatic rings.